The zero-order chi connectivity index (χ0) is 12.8. The minimum Gasteiger partial charge on any atom is -0.392 e. The molecular formula is C15H15ClOS. The highest BCUT2D eigenvalue weighted by Crippen LogP contribution is 2.20. The Balaban J connectivity index is 1.84. The van der Waals surface area contributed by atoms with E-state index in [2.05, 4.69) is 12.1 Å². The van der Waals surface area contributed by atoms with Crippen LogP contribution in [0, 0.1) is 0 Å². The average molecular weight is 279 g/mol. The van der Waals surface area contributed by atoms with E-state index >= 15 is 0 Å². The second-order valence-corrected chi connectivity index (χ2v) is 5.64. The van der Waals surface area contributed by atoms with Crippen LogP contribution in [0.2, 0.25) is 5.02 Å². The van der Waals surface area contributed by atoms with Crippen LogP contribution in [0.3, 0.4) is 0 Å². The van der Waals surface area contributed by atoms with E-state index in [-0.39, 0.29) is 6.10 Å². The predicted octanol–water partition coefficient (Wildman–Crippen LogP) is 4.04. The Kier molecular flexibility index (Phi) is 5.12. The van der Waals surface area contributed by atoms with Gasteiger partial charge in [0.1, 0.15) is 0 Å². The molecule has 2 aromatic carbocycles. The Labute approximate surface area is 117 Å². The standard InChI is InChI=1S/C15H15ClOS/c16-13-6-4-5-12(9-13)10-14(17)11-18-15-7-2-1-3-8-15/h1-9,14,17H,10-11H2. The lowest BCUT2D eigenvalue weighted by molar-refractivity contribution is 0.200. The van der Waals surface area contributed by atoms with Crippen molar-refractivity contribution in [1.29, 1.82) is 0 Å². The van der Waals surface area contributed by atoms with E-state index in [0.717, 1.165) is 10.6 Å². The number of aliphatic hydroxyl groups excluding tert-OH is 1. The molecular weight excluding hydrogens is 264 g/mol. The number of thioether (sulfide) groups is 1. The quantitative estimate of drug-likeness (QED) is 0.833. The molecule has 2 aromatic rings. The first-order valence-electron chi connectivity index (χ1n) is 5.84. The Bertz CT molecular complexity index is 487. The first-order valence-corrected chi connectivity index (χ1v) is 7.21. The summed E-state index contributed by atoms with van der Waals surface area (Å²) in [6, 6.07) is 17.8. The molecule has 1 atom stereocenters. The lowest BCUT2D eigenvalue weighted by atomic mass is 10.1. The van der Waals surface area contributed by atoms with Gasteiger partial charge in [0.25, 0.3) is 0 Å². The van der Waals surface area contributed by atoms with E-state index < -0.39 is 0 Å². The van der Waals surface area contributed by atoms with Gasteiger partial charge in [-0.3, -0.25) is 0 Å². The molecule has 3 heteroatoms. The van der Waals surface area contributed by atoms with Crippen LogP contribution in [0.1, 0.15) is 5.56 Å². The number of rotatable bonds is 5. The second kappa shape index (κ2) is 6.83. The molecule has 0 aliphatic heterocycles. The molecule has 0 saturated heterocycles. The fourth-order valence-electron chi connectivity index (χ4n) is 1.70. The highest BCUT2D eigenvalue weighted by molar-refractivity contribution is 7.99. The van der Waals surface area contributed by atoms with E-state index in [0.29, 0.717) is 12.2 Å². The lowest BCUT2D eigenvalue weighted by Crippen LogP contribution is -2.13. The van der Waals surface area contributed by atoms with Crippen LogP contribution in [0.25, 0.3) is 0 Å². The molecule has 0 amide bonds. The van der Waals surface area contributed by atoms with Crippen molar-refractivity contribution in [2.24, 2.45) is 0 Å². The average Bonchev–Trinajstić information content (AvgIpc) is 2.38. The van der Waals surface area contributed by atoms with Gasteiger partial charge in [0.2, 0.25) is 0 Å². The van der Waals surface area contributed by atoms with Gasteiger partial charge in [-0.25, -0.2) is 0 Å². The summed E-state index contributed by atoms with van der Waals surface area (Å²) < 4.78 is 0. The molecule has 0 aliphatic carbocycles. The second-order valence-electron chi connectivity index (χ2n) is 4.11. The highest BCUT2D eigenvalue weighted by Gasteiger charge is 2.06. The summed E-state index contributed by atoms with van der Waals surface area (Å²) in [6.07, 6.45) is 0.286. The third-order valence-corrected chi connectivity index (χ3v) is 3.94. The molecule has 1 nitrogen and oxygen atoms in total. The van der Waals surface area contributed by atoms with Crippen molar-refractivity contribution >= 4 is 23.4 Å². The number of benzene rings is 2. The van der Waals surface area contributed by atoms with Gasteiger partial charge in [0.05, 0.1) is 6.10 Å². The van der Waals surface area contributed by atoms with Crippen LogP contribution in [0.5, 0.6) is 0 Å². The van der Waals surface area contributed by atoms with Crippen molar-refractivity contribution < 1.29 is 5.11 Å². The Hall–Kier alpha value is -0.960. The molecule has 0 aromatic heterocycles. The SMILES string of the molecule is OC(CSc1ccccc1)Cc1cccc(Cl)c1. The van der Waals surface area contributed by atoms with Gasteiger partial charge in [-0.1, -0.05) is 41.9 Å². The number of aliphatic hydroxyl groups is 1. The molecule has 0 spiro atoms. The van der Waals surface area contributed by atoms with E-state index in [9.17, 15) is 5.11 Å². The van der Waals surface area contributed by atoms with Gasteiger partial charge in [-0.15, -0.1) is 11.8 Å². The maximum absolute atomic E-state index is 9.99. The van der Waals surface area contributed by atoms with Gasteiger partial charge >= 0.3 is 0 Å². The third kappa shape index (κ3) is 4.37. The molecule has 1 N–H and O–H groups in total. The van der Waals surface area contributed by atoms with E-state index in [1.54, 1.807) is 11.8 Å². The molecule has 1 unspecified atom stereocenters. The molecule has 0 saturated carbocycles. The Morgan fingerprint density at radius 1 is 1.06 bits per heavy atom. The predicted molar refractivity (Wildman–Crippen MR) is 78.3 cm³/mol. The van der Waals surface area contributed by atoms with Crippen LogP contribution >= 0.6 is 23.4 Å². The fraction of sp³-hybridized carbons (Fsp3) is 0.200. The van der Waals surface area contributed by atoms with Gasteiger partial charge in [-0.05, 0) is 36.2 Å². The van der Waals surface area contributed by atoms with Crippen molar-refractivity contribution in [1.82, 2.24) is 0 Å². The lowest BCUT2D eigenvalue weighted by Gasteiger charge is -2.10. The summed E-state index contributed by atoms with van der Waals surface area (Å²) in [5.74, 6) is 0.691. The molecule has 18 heavy (non-hydrogen) atoms. The number of halogens is 1. The minimum absolute atomic E-state index is 0.353. The topological polar surface area (TPSA) is 20.2 Å². The van der Waals surface area contributed by atoms with Gasteiger partial charge in [0.15, 0.2) is 0 Å². The maximum Gasteiger partial charge on any atom is 0.0674 e. The molecule has 0 bridgehead atoms. The Morgan fingerprint density at radius 3 is 2.56 bits per heavy atom. The molecule has 0 heterocycles. The minimum atomic E-state index is -0.353. The first-order chi connectivity index (χ1) is 8.74. The normalized spacial score (nSPS) is 12.3. The summed E-state index contributed by atoms with van der Waals surface area (Å²) in [7, 11) is 0. The van der Waals surface area contributed by atoms with Crippen molar-refractivity contribution in [3.05, 3.63) is 65.2 Å². The largest absolute Gasteiger partial charge is 0.392 e. The third-order valence-electron chi connectivity index (χ3n) is 2.55. The van der Waals surface area contributed by atoms with Crippen LogP contribution in [0.4, 0.5) is 0 Å². The summed E-state index contributed by atoms with van der Waals surface area (Å²) in [5.41, 5.74) is 1.07. The van der Waals surface area contributed by atoms with E-state index in [4.69, 9.17) is 11.6 Å². The fourth-order valence-corrected chi connectivity index (χ4v) is 2.77. The summed E-state index contributed by atoms with van der Waals surface area (Å²) in [5, 5.41) is 10.7. The van der Waals surface area contributed by atoms with Gasteiger partial charge in [-0.2, -0.15) is 0 Å². The molecule has 2 rings (SSSR count). The number of hydrogen-bond acceptors (Lipinski definition) is 2. The molecule has 0 aliphatic rings. The highest BCUT2D eigenvalue weighted by atomic mass is 35.5. The van der Waals surface area contributed by atoms with Crippen molar-refractivity contribution in [3.63, 3.8) is 0 Å². The summed E-state index contributed by atoms with van der Waals surface area (Å²) >= 11 is 7.58. The zero-order valence-electron chi connectivity index (χ0n) is 9.92. The number of hydrogen-bond donors (Lipinski definition) is 1. The summed E-state index contributed by atoms with van der Waals surface area (Å²) in [4.78, 5) is 1.18. The first kappa shape index (κ1) is 13.5. The zero-order valence-corrected chi connectivity index (χ0v) is 11.5. The van der Waals surface area contributed by atoms with Crippen LogP contribution in [-0.4, -0.2) is 17.0 Å². The molecule has 94 valence electrons. The molecule has 0 fully saturated rings. The van der Waals surface area contributed by atoms with Gasteiger partial charge in [0, 0.05) is 15.7 Å². The van der Waals surface area contributed by atoms with E-state index in [1.165, 1.54) is 4.90 Å². The monoisotopic (exact) mass is 278 g/mol. The van der Waals surface area contributed by atoms with Crippen molar-refractivity contribution in [2.45, 2.75) is 17.4 Å². The van der Waals surface area contributed by atoms with Crippen molar-refractivity contribution in [3.8, 4) is 0 Å². The molecule has 0 radical (unpaired) electrons. The Morgan fingerprint density at radius 2 is 1.83 bits per heavy atom. The van der Waals surface area contributed by atoms with Crippen molar-refractivity contribution in [2.75, 3.05) is 5.75 Å². The van der Waals surface area contributed by atoms with Crippen LogP contribution in [0.15, 0.2) is 59.5 Å². The van der Waals surface area contributed by atoms with Crippen LogP contribution in [-0.2, 0) is 6.42 Å². The summed E-state index contributed by atoms with van der Waals surface area (Å²) in [6.45, 7) is 0. The van der Waals surface area contributed by atoms with Crippen LogP contribution < -0.4 is 0 Å². The maximum atomic E-state index is 9.99. The van der Waals surface area contributed by atoms with Gasteiger partial charge < -0.3 is 5.11 Å². The smallest absolute Gasteiger partial charge is 0.0674 e. The van der Waals surface area contributed by atoms with E-state index in [1.807, 2.05) is 42.5 Å².